The number of benzene rings is 2. The van der Waals surface area contributed by atoms with Crippen molar-refractivity contribution in [1.82, 2.24) is 0 Å². The van der Waals surface area contributed by atoms with E-state index in [1.54, 1.807) is 17.0 Å². The van der Waals surface area contributed by atoms with E-state index in [9.17, 15) is 9.59 Å². The Kier molecular flexibility index (Phi) is 5.72. The minimum absolute atomic E-state index is 0.0527. The van der Waals surface area contributed by atoms with Gasteiger partial charge in [0.2, 0.25) is 5.91 Å². The van der Waals surface area contributed by atoms with Crippen molar-refractivity contribution in [3.8, 4) is 0 Å². The third-order valence-electron chi connectivity index (χ3n) is 5.62. The van der Waals surface area contributed by atoms with Crippen molar-refractivity contribution >= 4 is 23.2 Å². The number of nitrogens with one attached hydrogen (secondary N) is 1. The lowest BCUT2D eigenvalue weighted by molar-refractivity contribution is -0.120. The largest absolute Gasteiger partial charge is 0.375 e. The van der Waals surface area contributed by atoms with E-state index in [-0.39, 0.29) is 17.7 Å². The summed E-state index contributed by atoms with van der Waals surface area (Å²) in [6, 6.07) is 15.0. The topological polar surface area (TPSA) is 58.6 Å². The molecule has 5 heteroatoms. The zero-order valence-corrected chi connectivity index (χ0v) is 16.0. The molecule has 0 atom stereocenters. The van der Waals surface area contributed by atoms with Gasteiger partial charge in [-0.1, -0.05) is 37.5 Å². The summed E-state index contributed by atoms with van der Waals surface area (Å²) in [5, 5.41) is 3.00. The van der Waals surface area contributed by atoms with Crippen molar-refractivity contribution in [1.29, 1.82) is 0 Å². The molecule has 5 nitrogen and oxygen atoms in total. The highest BCUT2D eigenvalue weighted by Gasteiger charge is 2.23. The van der Waals surface area contributed by atoms with E-state index in [0.717, 1.165) is 42.6 Å². The van der Waals surface area contributed by atoms with Crippen LogP contribution in [0.15, 0.2) is 48.5 Å². The van der Waals surface area contributed by atoms with Gasteiger partial charge < -0.3 is 15.0 Å². The molecular formula is C23H26N2O3. The summed E-state index contributed by atoms with van der Waals surface area (Å²) >= 11 is 0. The van der Waals surface area contributed by atoms with Gasteiger partial charge in [-0.25, -0.2) is 0 Å². The summed E-state index contributed by atoms with van der Waals surface area (Å²) in [5.41, 5.74) is 3.27. The Balaban J connectivity index is 1.46. The third-order valence-corrected chi connectivity index (χ3v) is 5.62. The average Bonchev–Trinajstić information content (AvgIpc) is 2.97. The summed E-state index contributed by atoms with van der Waals surface area (Å²) in [7, 11) is 0. The summed E-state index contributed by atoms with van der Waals surface area (Å²) in [4.78, 5) is 27.3. The van der Waals surface area contributed by atoms with E-state index in [2.05, 4.69) is 5.32 Å². The quantitative estimate of drug-likeness (QED) is 0.862. The number of ether oxygens (including phenoxy) is 1. The molecule has 1 N–H and O–H groups in total. The van der Waals surface area contributed by atoms with Crippen molar-refractivity contribution in [2.75, 3.05) is 23.4 Å². The van der Waals surface area contributed by atoms with E-state index < -0.39 is 0 Å². The average molecular weight is 378 g/mol. The van der Waals surface area contributed by atoms with E-state index in [0.29, 0.717) is 25.3 Å². The maximum atomic E-state index is 13.1. The number of carbonyl (C=O) groups excluding carboxylic acids is 2. The fraction of sp³-hybridized carbons (Fsp3) is 0.391. The second kappa shape index (κ2) is 8.57. The van der Waals surface area contributed by atoms with Crippen LogP contribution < -0.4 is 10.2 Å². The first-order valence-corrected chi connectivity index (χ1v) is 10.1. The van der Waals surface area contributed by atoms with Gasteiger partial charge >= 0.3 is 0 Å². The van der Waals surface area contributed by atoms with Gasteiger partial charge in [0.1, 0.15) is 0 Å². The number of fused-ring (bicyclic) bond motifs is 1. The highest BCUT2D eigenvalue weighted by Crippen LogP contribution is 2.27. The molecule has 2 aromatic carbocycles. The van der Waals surface area contributed by atoms with E-state index in [1.165, 1.54) is 6.42 Å². The Morgan fingerprint density at radius 2 is 1.71 bits per heavy atom. The Hall–Kier alpha value is -2.66. The predicted molar refractivity (Wildman–Crippen MR) is 109 cm³/mol. The Bertz CT molecular complexity index is 841. The smallest absolute Gasteiger partial charge is 0.258 e. The highest BCUT2D eigenvalue weighted by atomic mass is 16.5. The van der Waals surface area contributed by atoms with Crippen LogP contribution in [0.4, 0.5) is 11.4 Å². The zero-order chi connectivity index (χ0) is 19.3. The summed E-state index contributed by atoms with van der Waals surface area (Å²) in [5.74, 6) is 0.157. The molecule has 2 amide bonds. The molecule has 28 heavy (non-hydrogen) atoms. The molecule has 1 fully saturated rings. The Morgan fingerprint density at radius 3 is 2.50 bits per heavy atom. The number of nitrogens with zero attached hydrogens (tertiary/aromatic N) is 1. The molecule has 0 radical (unpaired) electrons. The molecular weight excluding hydrogens is 352 g/mol. The molecule has 2 aromatic rings. The predicted octanol–water partition coefficient (Wildman–Crippen LogP) is 4.38. The molecule has 0 spiro atoms. The van der Waals surface area contributed by atoms with Crippen LogP contribution in [0.3, 0.4) is 0 Å². The lowest BCUT2D eigenvalue weighted by Crippen LogP contribution is -2.33. The first kappa shape index (κ1) is 18.7. The number of rotatable bonds is 3. The molecule has 0 unspecified atom stereocenters. The number of amides is 2. The number of hydrogen-bond acceptors (Lipinski definition) is 3. The van der Waals surface area contributed by atoms with Crippen LogP contribution in [0.25, 0.3) is 0 Å². The second-order valence-corrected chi connectivity index (χ2v) is 7.54. The SMILES string of the molecule is O=C(Nc1ccc(C(=O)N2CCOCc3ccccc32)cc1)C1CCCCC1. The molecule has 2 aliphatic rings. The standard InChI is InChI=1S/C23H26N2O3/c26-22(17-6-2-1-3-7-17)24-20-12-10-18(11-13-20)23(27)25-14-15-28-16-19-8-4-5-9-21(19)25/h4-5,8-13,17H,1-3,6-7,14-16H2,(H,24,26). The zero-order valence-electron chi connectivity index (χ0n) is 16.0. The van der Waals surface area contributed by atoms with Crippen molar-refractivity contribution < 1.29 is 14.3 Å². The van der Waals surface area contributed by atoms with Gasteiger partial charge in [-0.05, 0) is 43.2 Å². The number of para-hydroxylation sites is 1. The minimum Gasteiger partial charge on any atom is -0.375 e. The maximum Gasteiger partial charge on any atom is 0.258 e. The molecule has 1 saturated carbocycles. The molecule has 1 heterocycles. The monoisotopic (exact) mass is 378 g/mol. The first-order valence-electron chi connectivity index (χ1n) is 10.1. The lowest BCUT2D eigenvalue weighted by atomic mass is 9.88. The second-order valence-electron chi connectivity index (χ2n) is 7.54. The molecule has 0 saturated heterocycles. The number of hydrogen-bond donors (Lipinski definition) is 1. The van der Waals surface area contributed by atoms with Crippen molar-refractivity contribution in [3.63, 3.8) is 0 Å². The lowest BCUT2D eigenvalue weighted by Gasteiger charge is -2.22. The van der Waals surface area contributed by atoms with Crippen molar-refractivity contribution in [2.45, 2.75) is 38.7 Å². The van der Waals surface area contributed by atoms with Gasteiger partial charge in [-0.2, -0.15) is 0 Å². The van der Waals surface area contributed by atoms with E-state index in [1.807, 2.05) is 36.4 Å². The molecule has 0 bridgehead atoms. The van der Waals surface area contributed by atoms with Gasteiger partial charge in [0.05, 0.1) is 13.2 Å². The van der Waals surface area contributed by atoms with Gasteiger partial charge in [0, 0.05) is 35.0 Å². The van der Waals surface area contributed by atoms with Gasteiger partial charge in [-0.3, -0.25) is 9.59 Å². The normalized spacial score (nSPS) is 17.5. The van der Waals surface area contributed by atoms with Crippen LogP contribution in [0, 0.1) is 5.92 Å². The maximum absolute atomic E-state index is 13.1. The molecule has 146 valence electrons. The van der Waals surface area contributed by atoms with Crippen molar-refractivity contribution in [2.24, 2.45) is 5.92 Å². The molecule has 1 aliphatic heterocycles. The Morgan fingerprint density at radius 1 is 0.964 bits per heavy atom. The van der Waals surface area contributed by atoms with Crippen LogP contribution in [0.5, 0.6) is 0 Å². The van der Waals surface area contributed by atoms with Crippen LogP contribution in [0.1, 0.15) is 48.0 Å². The molecule has 1 aliphatic carbocycles. The van der Waals surface area contributed by atoms with Gasteiger partial charge in [-0.15, -0.1) is 0 Å². The summed E-state index contributed by atoms with van der Waals surface area (Å²) in [6.07, 6.45) is 5.43. The van der Waals surface area contributed by atoms with E-state index >= 15 is 0 Å². The number of carbonyl (C=O) groups is 2. The summed E-state index contributed by atoms with van der Waals surface area (Å²) in [6.45, 7) is 1.55. The highest BCUT2D eigenvalue weighted by molar-refractivity contribution is 6.07. The van der Waals surface area contributed by atoms with Crippen LogP contribution in [-0.2, 0) is 16.1 Å². The van der Waals surface area contributed by atoms with Gasteiger partial charge in [0.25, 0.3) is 5.91 Å². The first-order chi connectivity index (χ1) is 13.7. The fourth-order valence-electron chi connectivity index (χ4n) is 4.03. The van der Waals surface area contributed by atoms with Crippen LogP contribution >= 0.6 is 0 Å². The minimum atomic E-state index is -0.0527. The number of anilines is 2. The van der Waals surface area contributed by atoms with E-state index in [4.69, 9.17) is 4.74 Å². The van der Waals surface area contributed by atoms with Crippen LogP contribution in [-0.4, -0.2) is 25.0 Å². The Labute approximate surface area is 165 Å². The third kappa shape index (κ3) is 4.09. The molecule has 4 rings (SSSR count). The molecule has 0 aromatic heterocycles. The van der Waals surface area contributed by atoms with Gasteiger partial charge in [0.15, 0.2) is 0 Å². The summed E-state index contributed by atoms with van der Waals surface area (Å²) < 4.78 is 5.62. The van der Waals surface area contributed by atoms with Crippen LogP contribution in [0.2, 0.25) is 0 Å². The fourth-order valence-corrected chi connectivity index (χ4v) is 4.03. The van der Waals surface area contributed by atoms with Crippen molar-refractivity contribution in [3.05, 3.63) is 59.7 Å².